The topological polar surface area (TPSA) is 92.6 Å². The lowest BCUT2D eigenvalue weighted by molar-refractivity contribution is -0.141. The van der Waals surface area contributed by atoms with E-state index in [1.807, 2.05) is 6.92 Å². The molecule has 1 atom stereocenters. The molecule has 0 radical (unpaired) electrons. The van der Waals surface area contributed by atoms with Crippen LogP contribution < -0.4 is 4.90 Å². The van der Waals surface area contributed by atoms with Crippen LogP contribution in [0.4, 0.5) is 5.13 Å². The van der Waals surface area contributed by atoms with Crippen molar-refractivity contribution in [3.8, 4) is 0 Å². The minimum Gasteiger partial charge on any atom is -0.481 e. The number of carboxylic acids is 1. The fourth-order valence-corrected chi connectivity index (χ4v) is 2.46. The Balaban J connectivity index is 2.05. The van der Waals surface area contributed by atoms with Crippen molar-refractivity contribution in [2.75, 3.05) is 18.1 Å². The van der Waals surface area contributed by atoms with Crippen LogP contribution in [0.15, 0.2) is 0 Å². The molecule has 1 aliphatic heterocycles. The van der Waals surface area contributed by atoms with Gasteiger partial charge in [0.25, 0.3) is 0 Å². The molecule has 1 aromatic heterocycles. The van der Waals surface area contributed by atoms with Gasteiger partial charge in [-0.15, -0.1) is 10.2 Å². The van der Waals surface area contributed by atoms with Crippen molar-refractivity contribution in [2.45, 2.75) is 20.0 Å². The van der Waals surface area contributed by atoms with Crippen LogP contribution in [0.2, 0.25) is 0 Å². The molecule has 7 nitrogen and oxygen atoms in total. The number of ether oxygens (including phenoxy) is 1. The first-order valence-corrected chi connectivity index (χ1v) is 6.36. The monoisotopic (exact) mass is 271 g/mol. The summed E-state index contributed by atoms with van der Waals surface area (Å²) in [5, 5.41) is 17.8. The highest BCUT2D eigenvalue weighted by Gasteiger charge is 2.36. The van der Waals surface area contributed by atoms with Gasteiger partial charge in [0, 0.05) is 19.6 Å². The molecule has 0 unspecified atom stereocenters. The molecule has 1 aliphatic rings. The number of carbonyl (C=O) groups excluding carboxylic acids is 1. The fourth-order valence-electron chi connectivity index (χ4n) is 1.66. The van der Waals surface area contributed by atoms with Crippen LogP contribution >= 0.6 is 11.3 Å². The average molecular weight is 271 g/mol. The smallest absolute Gasteiger partial charge is 0.308 e. The lowest BCUT2D eigenvalue weighted by Gasteiger charge is -2.10. The summed E-state index contributed by atoms with van der Waals surface area (Å²) in [6.07, 6.45) is 0.0235. The number of rotatable bonds is 5. The molecule has 1 amide bonds. The SMILES string of the molecule is CCOCc1nnc(N2C[C@H](C(=O)O)CC2=O)s1. The Morgan fingerprint density at radius 2 is 2.39 bits per heavy atom. The van der Waals surface area contributed by atoms with Crippen molar-refractivity contribution in [3.05, 3.63) is 5.01 Å². The van der Waals surface area contributed by atoms with E-state index in [0.717, 1.165) is 0 Å². The fraction of sp³-hybridized carbons (Fsp3) is 0.600. The van der Waals surface area contributed by atoms with Gasteiger partial charge in [-0.3, -0.25) is 14.5 Å². The zero-order chi connectivity index (χ0) is 13.1. The Labute approximate surface area is 107 Å². The number of hydrogen-bond donors (Lipinski definition) is 1. The molecule has 0 aromatic carbocycles. The Morgan fingerprint density at radius 3 is 3.00 bits per heavy atom. The first-order chi connectivity index (χ1) is 8.61. The van der Waals surface area contributed by atoms with Crippen molar-refractivity contribution in [1.29, 1.82) is 0 Å². The highest BCUT2D eigenvalue weighted by Crippen LogP contribution is 2.28. The van der Waals surface area contributed by atoms with Gasteiger partial charge in [-0.1, -0.05) is 11.3 Å². The van der Waals surface area contributed by atoms with Crippen molar-refractivity contribution in [3.63, 3.8) is 0 Å². The van der Waals surface area contributed by atoms with Crippen molar-refractivity contribution in [2.24, 2.45) is 5.92 Å². The molecule has 18 heavy (non-hydrogen) atoms. The van der Waals surface area contributed by atoms with Crippen molar-refractivity contribution in [1.82, 2.24) is 10.2 Å². The van der Waals surface area contributed by atoms with E-state index in [1.54, 1.807) is 0 Å². The van der Waals surface area contributed by atoms with Crippen LogP contribution in [0.25, 0.3) is 0 Å². The quantitative estimate of drug-likeness (QED) is 0.839. The predicted octanol–water partition coefficient (Wildman–Crippen LogP) is 0.512. The van der Waals surface area contributed by atoms with Gasteiger partial charge in [-0.05, 0) is 6.92 Å². The molecule has 98 valence electrons. The van der Waals surface area contributed by atoms with Gasteiger partial charge in [0.1, 0.15) is 11.6 Å². The molecule has 0 bridgehead atoms. The third-order valence-electron chi connectivity index (χ3n) is 2.59. The van der Waals surface area contributed by atoms with Crippen molar-refractivity contribution < 1.29 is 19.4 Å². The second kappa shape index (κ2) is 5.40. The maximum atomic E-state index is 11.7. The number of carboxylic acid groups (broad SMARTS) is 1. The van der Waals surface area contributed by atoms with E-state index in [4.69, 9.17) is 9.84 Å². The second-order valence-corrected chi connectivity index (χ2v) is 4.90. The summed E-state index contributed by atoms with van der Waals surface area (Å²) in [5.41, 5.74) is 0. The highest BCUT2D eigenvalue weighted by molar-refractivity contribution is 7.15. The average Bonchev–Trinajstić information content (AvgIpc) is 2.92. The third kappa shape index (κ3) is 2.65. The zero-order valence-electron chi connectivity index (χ0n) is 9.83. The molecular weight excluding hydrogens is 258 g/mol. The number of nitrogens with zero attached hydrogens (tertiary/aromatic N) is 3. The van der Waals surface area contributed by atoms with Gasteiger partial charge >= 0.3 is 5.97 Å². The Kier molecular flexibility index (Phi) is 3.87. The van der Waals surface area contributed by atoms with Gasteiger partial charge < -0.3 is 9.84 Å². The Morgan fingerprint density at radius 1 is 1.61 bits per heavy atom. The summed E-state index contributed by atoms with van der Waals surface area (Å²) in [7, 11) is 0. The highest BCUT2D eigenvalue weighted by atomic mass is 32.1. The van der Waals surface area contributed by atoms with Gasteiger partial charge in [-0.2, -0.15) is 0 Å². The van der Waals surface area contributed by atoms with Gasteiger partial charge in [0.05, 0.1) is 5.92 Å². The lowest BCUT2D eigenvalue weighted by Crippen LogP contribution is -2.25. The molecular formula is C10H13N3O4S. The number of aliphatic carboxylic acids is 1. The maximum Gasteiger partial charge on any atom is 0.308 e. The number of hydrogen-bond acceptors (Lipinski definition) is 6. The standard InChI is InChI=1S/C10H13N3O4S/c1-2-17-5-7-11-12-10(18-7)13-4-6(9(15)16)3-8(13)14/h6H,2-5H2,1H3,(H,15,16)/t6-/m1/s1. The minimum absolute atomic E-state index is 0.0235. The first-order valence-electron chi connectivity index (χ1n) is 5.55. The molecule has 2 heterocycles. The minimum atomic E-state index is -0.954. The molecule has 0 saturated carbocycles. The number of aromatic nitrogens is 2. The first kappa shape index (κ1) is 12.9. The van der Waals surface area contributed by atoms with Gasteiger partial charge in [0.2, 0.25) is 11.0 Å². The lowest BCUT2D eigenvalue weighted by atomic mass is 10.1. The number of anilines is 1. The molecule has 1 aromatic rings. The zero-order valence-corrected chi connectivity index (χ0v) is 10.6. The summed E-state index contributed by atoms with van der Waals surface area (Å²) in [6.45, 7) is 2.98. The second-order valence-electron chi connectivity index (χ2n) is 3.86. The van der Waals surface area contributed by atoms with Crippen LogP contribution in [-0.4, -0.2) is 40.3 Å². The van der Waals surface area contributed by atoms with E-state index in [0.29, 0.717) is 23.4 Å². The number of carbonyl (C=O) groups is 2. The van der Waals surface area contributed by atoms with E-state index in [1.165, 1.54) is 16.2 Å². The molecule has 0 aliphatic carbocycles. The molecule has 0 spiro atoms. The van der Waals surface area contributed by atoms with E-state index < -0.39 is 11.9 Å². The summed E-state index contributed by atoms with van der Waals surface area (Å²) in [4.78, 5) is 23.9. The van der Waals surface area contributed by atoms with Gasteiger partial charge in [-0.25, -0.2) is 0 Å². The molecule has 2 rings (SSSR count). The van der Waals surface area contributed by atoms with Gasteiger partial charge in [0.15, 0.2) is 0 Å². The van der Waals surface area contributed by atoms with Crippen LogP contribution in [0.1, 0.15) is 18.4 Å². The van der Waals surface area contributed by atoms with Crippen LogP contribution in [0.3, 0.4) is 0 Å². The summed E-state index contributed by atoms with van der Waals surface area (Å²) in [6, 6.07) is 0. The van der Waals surface area contributed by atoms with E-state index in [9.17, 15) is 9.59 Å². The summed E-state index contributed by atoms with van der Waals surface area (Å²) in [5.74, 6) is -1.83. The molecule has 1 saturated heterocycles. The summed E-state index contributed by atoms with van der Waals surface area (Å²) < 4.78 is 5.19. The normalized spacial score (nSPS) is 19.5. The van der Waals surface area contributed by atoms with Crippen LogP contribution in [-0.2, 0) is 20.9 Å². The van der Waals surface area contributed by atoms with Crippen LogP contribution in [0, 0.1) is 5.92 Å². The van der Waals surface area contributed by atoms with Crippen LogP contribution in [0.5, 0.6) is 0 Å². The number of amides is 1. The predicted molar refractivity (Wildman–Crippen MR) is 63.3 cm³/mol. The Hall–Kier alpha value is -1.54. The summed E-state index contributed by atoms with van der Waals surface area (Å²) >= 11 is 1.25. The third-order valence-corrected chi connectivity index (χ3v) is 3.51. The molecule has 1 N–H and O–H groups in total. The van der Waals surface area contributed by atoms with E-state index in [2.05, 4.69) is 10.2 Å². The van der Waals surface area contributed by atoms with Crippen molar-refractivity contribution >= 4 is 28.3 Å². The van der Waals surface area contributed by atoms with E-state index >= 15 is 0 Å². The largest absolute Gasteiger partial charge is 0.481 e. The molecule has 8 heteroatoms. The Bertz CT molecular complexity index is 462. The van der Waals surface area contributed by atoms with E-state index in [-0.39, 0.29) is 18.9 Å². The molecule has 1 fully saturated rings. The maximum absolute atomic E-state index is 11.7.